The molecule has 138 valence electrons. The predicted molar refractivity (Wildman–Crippen MR) is 96.1 cm³/mol. The standard InChI is InChI=1S/C16H30N4O3S/c1-11(9-21)17-7-8-20(2)14(22)6-4-3-5-13-15-12(10-24-13)18-16(23)19-15/h11-13,15,17,21H,3-10H2,1-2H3,(H2,18,19,23). The van der Waals surface area contributed by atoms with Gasteiger partial charge in [0.15, 0.2) is 0 Å². The summed E-state index contributed by atoms with van der Waals surface area (Å²) in [6, 6.07) is 0.539. The third kappa shape index (κ3) is 5.53. The molecule has 24 heavy (non-hydrogen) atoms. The lowest BCUT2D eigenvalue weighted by Crippen LogP contribution is -2.38. The van der Waals surface area contributed by atoms with Gasteiger partial charge in [0.05, 0.1) is 18.7 Å². The Labute approximate surface area is 148 Å². The Hall–Kier alpha value is -0.990. The number of nitrogens with zero attached hydrogens (tertiary/aromatic N) is 1. The molecule has 7 nitrogen and oxygen atoms in total. The van der Waals surface area contributed by atoms with Crippen molar-refractivity contribution in [2.24, 2.45) is 0 Å². The van der Waals surface area contributed by atoms with Gasteiger partial charge in [0.2, 0.25) is 5.91 Å². The number of thioether (sulfide) groups is 1. The molecule has 0 radical (unpaired) electrons. The number of unbranched alkanes of at least 4 members (excludes halogenated alkanes) is 1. The van der Waals surface area contributed by atoms with E-state index in [9.17, 15) is 9.59 Å². The van der Waals surface area contributed by atoms with E-state index in [-0.39, 0.29) is 36.7 Å². The number of nitrogens with one attached hydrogen (secondary N) is 3. The van der Waals surface area contributed by atoms with Crippen LogP contribution in [-0.2, 0) is 4.79 Å². The number of rotatable bonds is 10. The Morgan fingerprint density at radius 1 is 1.46 bits per heavy atom. The molecule has 0 aromatic heterocycles. The number of hydrogen-bond acceptors (Lipinski definition) is 5. The van der Waals surface area contributed by atoms with Gasteiger partial charge in [-0.1, -0.05) is 6.42 Å². The minimum absolute atomic E-state index is 0.0452. The maximum atomic E-state index is 12.1. The molecule has 0 aromatic carbocycles. The number of hydrogen-bond donors (Lipinski definition) is 4. The Morgan fingerprint density at radius 3 is 3.00 bits per heavy atom. The van der Waals surface area contributed by atoms with Crippen molar-refractivity contribution in [3.8, 4) is 0 Å². The van der Waals surface area contributed by atoms with Gasteiger partial charge in [0.1, 0.15) is 0 Å². The highest BCUT2D eigenvalue weighted by Gasteiger charge is 2.42. The van der Waals surface area contributed by atoms with Crippen LogP contribution in [0.1, 0.15) is 32.6 Å². The fourth-order valence-corrected chi connectivity index (χ4v) is 4.67. The molecular formula is C16H30N4O3S. The summed E-state index contributed by atoms with van der Waals surface area (Å²) >= 11 is 1.92. The monoisotopic (exact) mass is 358 g/mol. The third-order valence-corrected chi connectivity index (χ3v) is 6.22. The summed E-state index contributed by atoms with van der Waals surface area (Å²) < 4.78 is 0. The average molecular weight is 359 g/mol. The smallest absolute Gasteiger partial charge is 0.315 e. The Kier molecular flexibility index (Phi) is 7.64. The largest absolute Gasteiger partial charge is 0.395 e. The maximum absolute atomic E-state index is 12.1. The van der Waals surface area contributed by atoms with Gasteiger partial charge in [-0.15, -0.1) is 0 Å². The molecular weight excluding hydrogens is 328 g/mol. The molecule has 2 heterocycles. The zero-order valence-electron chi connectivity index (χ0n) is 14.6. The number of urea groups is 1. The highest BCUT2D eigenvalue weighted by atomic mass is 32.2. The van der Waals surface area contributed by atoms with Crippen molar-refractivity contribution >= 4 is 23.7 Å². The molecule has 2 saturated heterocycles. The highest BCUT2D eigenvalue weighted by molar-refractivity contribution is 8.00. The van der Waals surface area contributed by atoms with E-state index >= 15 is 0 Å². The van der Waals surface area contributed by atoms with Crippen LogP contribution in [0.15, 0.2) is 0 Å². The van der Waals surface area contributed by atoms with Crippen molar-refractivity contribution in [2.75, 3.05) is 32.5 Å². The van der Waals surface area contributed by atoms with Gasteiger partial charge in [0.25, 0.3) is 0 Å². The average Bonchev–Trinajstić information content (AvgIpc) is 3.10. The van der Waals surface area contributed by atoms with Gasteiger partial charge in [-0.3, -0.25) is 4.79 Å². The minimum atomic E-state index is -0.0452. The molecule has 2 aliphatic heterocycles. The molecule has 2 fully saturated rings. The SMILES string of the molecule is CC(CO)NCCN(C)C(=O)CCCCC1SCC2NC(=O)NC21. The van der Waals surface area contributed by atoms with Crippen molar-refractivity contribution in [3.63, 3.8) is 0 Å². The molecule has 2 aliphatic rings. The molecule has 0 aliphatic carbocycles. The molecule has 0 saturated carbocycles. The lowest BCUT2D eigenvalue weighted by atomic mass is 10.0. The van der Waals surface area contributed by atoms with Crippen LogP contribution < -0.4 is 16.0 Å². The Balaban J connectivity index is 1.55. The summed E-state index contributed by atoms with van der Waals surface area (Å²) in [5, 5.41) is 18.5. The number of carbonyl (C=O) groups excluding carboxylic acids is 2. The lowest BCUT2D eigenvalue weighted by molar-refractivity contribution is -0.130. The lowest BCUT2D eigenvalue weighted by Gasteiger charge is -2.19. The predicted octanol–water partition coefficient (Wildman–Crippen LogP) is 0.141. The Bertz CT molecular complexity index is 438. The summed E-state index contributed by atoms with van der Waals surface area (Å²) in [5.74, 6) is 1.15. The number of aliphatic hydroxyl groups is 1. The maximum Gasteiger partial charge on any atom is 0.315 e. The number of amides is 3. The fraction of sp³-hybridized carbons (Fsp3) is 0.875. The van der Waals surface area contributed by atoms with Crippen LogP contribution in [-0.4, -0.2) is 77.8 Å². The number of aliphatic hydroxyl groups excluding tert-OH is 1. The van der Waals surface area contributed by atoms with Crippen molar-refractivity contribution < 1.29 is 14.7 Å². The summed E-state index contributed by atoms with van der Waals surface area (Å²) in [6.45, 7) is 3.37. The van der Waals surface area contributed by atoms with Crippen LogP contribution in [0.2, 0.25) is 0 Å². The molecule has 3 amide bonds. The second-order valence-corrected chi connectivity index (χ2v) is 7.99. The first kappa shape index (κ1) is 19.3. The summed E-state index contributed by atoms with van der Waals surface area (Å²) in [6.07, 6.45) is 3.51. The van der Waals surface area contributed by atoms with Crippen molar-refractivity contribution in [3.05, 3.63) is 0 Å². The molecule has 8 heteroatoms. The van der Waals surface area contributed by atoms with E-state index in [2.05, 4.69) is 16.0 Å². The molecule has 4 unspecified atom stereocenters. The van der Waals surface area contributed by atoms with Crippen LogP contribution in [0.25, 0.3) is 0 Å². The van der Waals surface area contributed by atoms with Crippen LogP contribution in [0.4, 0.5) is 4.79 Å². The molecule has 4 atom stereocenters. The fourth-order valence-electron chi connectivity index (χ4n) is 3.12. The van der Waals surface area contributed by atoms with E-state index in [0.717, 1.165) is 25.0 Å². The molecule has 0 spiro atoms. The van der Waals surface area contributed by atoms with Crippen molar-refractivity contribution in [1.82, 2.24) is 20.9 Å². The molecule has 0 aromatic rings. The van der Waals surface area contributed by atoms with Gasteiger partial charge in [-0.25, -0.2) is 4.79 Å². The summed E-state index contributed by atoms with van der Waals surface area (Å²) in [7, 11) is 1.82. The van der Waals surface area contributed by atoms with E-state index in [1.165, 1.54) is 0 Å². The van der Waals surface area contributed by atoms with Gasteiger partial charge in [-0.05, 0) is 19.8 Å². The Morgan fingerprint density at radius 2 is 2.25 bits per heavy atom. The highest BCUT2D eigenvalue weighted by Crippen LogP contribution is 2.33. The molecule has 0 bridgehead atoms. The second-order valence-electron chi connectivity index (χ2n) is 6.72. The topological polar surface area (TPSA) is 93.7 Å². The van der Waals surface area contributed by atoms with Crippen LogP contribution >= 0.6 is 11.8 Å². The second kappa shape index (κ2) is 9.48. The van der Waals surface area contributed by atoms with E-state index in [0.29, 0.717) is 24.8 Å². The third-order valence-electron chi connectivity index (χ3n) is 4.71. The van der Waals surface area contributed by atoms with Gasteiger partial charge in [-0.2, -0.15) is 11.8 Å². The van der Waals surface area contributed by atoms with Crippen molar-refractivity contribution in [1.29, 1.82) is 0 Å². The first-order chi connectivity index (χ1) is 11.5. The van der Waals surface area contributed by atoms with Gasteiger partial charge >= 0.3 is 6.03 Å². The number of carbonyl (C=O) groups is 2. The summed E-state index contributed by atoms with van der Waals surface area (Å²) in [4.78, 5) is 25.2. The summed E-state index contributed by atoms with van der Waals surface area (Å²) in [5.41, 5.74) is 0. The number of fused-ring (bicyclic) bond motifs is 1. The van der Waals surface area contributed by atoms with Crippen LogP contribution in [0, 0.1) is 0 Å². The normalized spacial score (nSPS) is 26.6. The molecule has 4 N–H and O–H groups in total. The van der Waals surface area contributed by atoms with Gasteiger partial charge < -0.3 is 26.0 Å². The van der Waals surface area contributed by atoms with E-state index in [4.69, 9.17) is 5.11 Å². The van der Waals surface area contributed by atoms with E-state index < -0.39 is 0 Å². The van der Waals surface area contributed by atoms with Crippen molar-refractivity contribution in [2.45, 2.75) is 56.0 Å². The zero-order chi connectivity index (χ0) is 17.5. The van der Waals surface area contributed by atoms with E-state index in [1.54, 1.807) is 4.90 Å². The van der Waals surface area contributed by atoms with Gasteiger partial charge in [0, 0.05) is 43.6 Å². The first-order valence-electron chi connectivity index (χ1n) is 8.78. The van der Waals surface area contributed by atoms with Crippen LogP contribution in [0.3, 0.4) is 0 Å². The van der Waals surface area contributed by atoms with E-state index in [1.807, 2.05) is 25.7 Å². The zero-order valence-corrected chi connectivity index (χ0v) is 15.4. The first-order valence-corrected chi connectivity index (χ1v) is 9.83. The quantitative estimate of drug-likeness (QED) is 0.329. The molecule has 2 rings (SSSR count). The minimum Gasteiger partial charge on any atom is -0.395 e. The van der Waals surface area contributed by atoms with Crippen LogP contribution in [0.5, 0.6) is 0 Å². The number of likely N-dealkylation sites (N-methyl/N-ethyl adjacent to an activating group) is 1.